The van der Waals surface area contributed by atoms with Crippen LogP contribution in [0.3, 0.4) is 0 Å². The number of amides is 2. The van der Waals surface area contributed by atoms with Gasteiger partial charge in [-0.25, -0.2) is 0 Å². The Morgan fingerprint density at radius 2 is 2.08 bits per heavy atom. The van der Waals surface area contributed by atoms with Gasteiger partial charge in [0.05, 0.1) is 16.6 Å². The van der Waals surface area contributed by atoms with Crippen LogP contribution < -0.4 is 16.4 Å². The molecule has 1 heterocycles. The highest BCUT2D eigenvalue weighted by Crippen LogP contribution is 2.23. The lowest BCUT2D eigenvalue weighted by Gasteiger charge is -2.26. The van der Waals surface area contributed by atoms with Crippen molar-refractivity contribution >= 4 is 29.1 Å². The van der Waals surface area contributed by atoms with E-state index in [1.165, 1.54) is 0 Å². The first-order chi connectivity index (χ1) is 11.5. The van der Waals surface area contributed by atoms with Crippen molar-refractivity contribution in [2.45, 2.75) is 32.2 Å². The van der Waals surface area contributed by atoms with E-state index < -0.39 is 6.04 Å². The molecule has 0 saturated carbocycles. The topological polar surface area (TPSA) is 93.5 Å². The van der Waals surface area contributed by atoms with E-state index in [0.29, 0.717) is 36.0 Å². The normalized spacial score (nSPS) is 16.5. The third-order valence-electron chi connectivity index (χ3n) is 4.09. The summed E-state index contributed by atoms with van der Waals surface area (Å²) in [7, 11) is 0. The second-order valence-electron chi connectivity index (χ2n) is 5.92. The number of hydrogen-bond donors (Lipinski definition) is 3. The summed E-state index contributed by atoms with van der Waals surface area (Å²) in [5.74, 6) is -0.354. The fraction of sp³-hybridized carbons (Fsp3) is 0.529. The van der Waals surface area contributed by atoms with Gasteiger partial charge in [-0.3, -0.25) is 9.59 Å². The van der Waals surface area contributed by atoms with Crippen LogP contribution >= 0.6 is 11.6 Å². The molecule has 1 atom stereocenters. The van der Waals surface area contributed by atoms with Crippen molar-refractivity contribution in [3.8, 4) is 0 Å². The molecule has 4 N–H and O–H groups in total. The highest BCUT2D eigenvalue weighted by molar-refractivity contribution is 6.34. The van der Waals surface area contributed by atoms with E-state index in [9.17, 15) is 9.59 Å². The lowest BCUT2D eigenvalue weighted by molar-refractivity contribution is -0.119. The molecular weight excluding hydrogens is 330 g/mol. The van der Waals surface area contributed by atoms with Crippen molar-refractivity contribution in [3.05, 3.63) is 28.8 Å². The van der Waals surface area contributed by atoms with Crippen LogP contribution in [0.15, 0.2) is 18.2 Å². The Hall–Kier alpha value is -1.63. The standard InChI is InChI=1S/C17H24ClN3O3/c1-2-7-20-16(22)13-4-3-12(10-14(13)18)21-17(23)15(19)11-5-8-24-9-6-11/h3-4,10-11,15H,2,5-9,19H2,1H3,(H,20,22)(H,21,23). The van der Waals surface area contributed by atoms with E-state index in [4.69, 9.17) is 22.1 Å². The van der Waals surface area contributed by atoms with E-state index in [2.05, 4.69) is 10.6 Å². The van der Waals surface area contributed by atoms with Gasteiger partial charge in [0.25, 0.3) is 5.91 Å². The van der Waals surface area contributed by atoms with Crippen LogP contribution in [-0.4, -0.2) is 37.6 Å². The number of carbonyl (C=O) groups excluding carboxylic acids is 2. The summed E-state index contributed by atoms with van der Waals surface area (Å²) in [4.78, 5) is 24.2. The number of hydrogen-bond acceptors (Lipinski definition) is 4. The number of nitrogens with one attached hydrogen (secondary N) is 2. The number of rotatable bonds is 6. The predicted molar refractivity (Wildman–Crippen MR) is 94.2 cm³/mol. The van der Waals surface area contributed by atoms with Crippen LogP contribution in [0, 0.1) is 5.92 Å². The molecule has 6 nitrogen and oxygen atoms in total. The Bertz CT molecular complexity index is 588. The highest BCUT2D eigenvalue weighted by atomic mass is 35.5. The second kappa shape index (κ2) is 9.01. The summed E-state index contributed by atoms with van der Waals surface area (Å²) in [5.41, 5.74) is 6.96. The first-order valence-electron chi connectivity index (χ1n) is 8.25. The van der Waals surface area contributed by atoms with Crippen molar-refractivity contribution in [2.75, 3.05) is 25.1 Å². The minimum Gasteiger partial charge on any atom is -0.381 e. The monoisotopic (exact) mass is 353 g/mol. The maximum atomic E-state index is 12.3. The molecule has 1 aromatic carbocycles. The number of nitrogens with two attached hydrogens (primary N) is 1. The quantitative estimate of drug-likeness (QED) is 0.730. The van der Waals surface area contributed by atoms with Crippen molar-refractivity contribution in [3.63, 3.8) is 0 Å². The molecule has 0 aliphatic carbocycles. The smallest absolute Gasteiger partial charge is 0.252 e. The van der Waals surface area contributed by atoms with Crippen LogP contribution in [0.5, 0.6) is 0 Å². The van der Waals surface area contributed by atoms with Gasteiger partial charge in [0, 0.05) is 25.4 Å². The fourth-order valence-electron chi connectivity index (χ4n) is 2.63. The van der Waals surface area contributed by atoms with Crippen molar-refractivity contribution < 1.29 is 14.3 Å². The predicted octanol–water partition coefficient (Wildman–Crippen LogP) is 2.17. The first kappa shape index (κ1) is 18.7. The number of benzene rings is 1. The summed E-state index contributed by atoms with van der Waals surface area (Å²) in [6.07, 6.45) is 2.42. The highest BCUT2D eigenvalue weighted by Gasteiger charge is 2.26. The Balaban J connectivity index is 1.98. The van der Waals surface area contributed by atoms with Gasteiger partial charge in [-0.15, -0.1) is 0 Å². The van der Waals surface area contributed by atoms with Crippen molar-refractivity contribution in [1.29, 1.82) is 0 Å². The summed E-state index contributed by atoms with van der Waals surface area (Å²) in [5, 5.41) is 5.83. The Labute approximate surface area is 147 Å². The Morgan fingerprint density at radius 1 is 1.38 bits per heavy atom. The van der Waals surface area contributed by atoms with E-state index in [0.717, 1.165) is 19.3 Å². The van der Waals surface area contributed by atoms with E-state index in [1.807, 2.05) is 6.92 Å². The van der Waals surface area contributed by atoms with Crippen molar-refractivity contribution in [2.24, 2.45) is 11.7 Å². The largest absolute Gasteiger partial charge is 0.381 e. The van der Waals surface area contributed by atoms with Gasteiger partial charge in [-0.2, -0.15) is 0 Å². The van der Waals surface area contributed by atoms with Crippen LogP contribution in [0.1, 0.15) is 36.5 Å². The Morgan fingerprint density at radius 3 is 2.71 bits per heavy atom. The zero-order valence-electron chi connectivity index (χ0n) is 13.8. The molecule has 1 aromatic rings. The molecule has 7 heteroatoms. The molecule has 1 aliphatic rings. The lowest BCUT2D eigenvalue weighted by Crippen LogP contribution is -2.44. The average Bonchev–Trinajstić information content (AvgIpc) is 2.59. The van der Waals surface area contributed by atoms with Gasteiger partial charge < -0.3 is 21.1 Å². The van der Waals surface area contributed by atoms with Crippen LogP contribution in [0.2, 0.25) is 5.02 Å². The third kappa shape index (κ3) is 4.93. The molecule has 1 fully saturated rings. The third-order valence-corrected chi connectivity index (χ3v) is 4.41. The minimum absolute atomic E-state index is 0.119. The van der Waals surface area contributed by atoms with E-state index in [1.54, 1.807) is 18.2 Å². The molecule has 2 rings (SSSR count). The number of ether oxygens (including phenoxy) is 1. The molecule has 24 heavy (non-hydrogen) atoms. The molecule has 0 aromatic heterocycles. The van der Waals surface area contributed by atoms with Gasteiger partial charge in [-0.05, 0) is 43.4 Å². The summed E-state index contributed by atoms with van der Waals surface area (Å²) < 4.78 is 5.28. The zero-order valence-corrected chi connectivity index (χ0v) is 14.6. The first-order valence-corrected chi connectivity index (χ1v) is 8.62. The van der Waals surface area contributed by atoms with Crippen molar-refractivity contribution in [1.82, 2.24) is 5.32 Å². The molecule has 1 saturated heterocycles. The molecular formula is C17H24ClN3O3. The summed E-state index contributed by atoms with van der Waals surface area (Å²) in [6, 6.07) is 4.24. The molecule has 132 valence electrons. The lowest BCUT2D eigenvalue weighted by atomic mass is 9.92. The van der Waals surface area contributed by atoms with Gasteiger partial charge in [0.1, 0.15) is 0 Å². The minimum atomic E-state index is -0.583. The molecule has 0 radical (unpaired) electrons. The van der Waals surface area contributed by atoms with Gasteiger partial charge in [-0.1, -0.05) is 18.5 Å². The molecule has 0 bridgehead atoms. The maximum absolute atomic E-state index is 12.3. The molecule has 1 unspecified atom stereocenters. The molecule has 1 aliphatic heterocycles. The number of halogens is 1. The molecule has 2 amide bonds. The van der Waals surface area contributed by atoms with E-state index >= 15 is 0 Å². The SMILES string of the molecule is CCCNC(=O)c1ccc(NC(=O)C(N)C2CCOCC2)cc1Cl. The fourth-order valence-corrected chi connectivity index (χ4v) is 2.89. The van der Waals surface area contributed by atoms with Crippen LogP contribution in [-0.2, 0) is 9.53 Å². The van der Waals surface area contributed by atoms with Gasteiger partial charge in [0.2, 0.25) is 5.91 Å². The van der Waals surface area contributed by atoms with Crippen LogP contribution in [0.4, 0.5) is 5.69 Å². The zero-order chi connectivity index (χ0) is 17.5. The van der Waals surface area contributed by atoms with Crippen LogP contribution in [0.25, 0.3) is 0 Å². The second-order valence-corrected chi connectivity index (χ2v) is 6.32. The maximum Gasteiger partial charge on any atom is 0.252 e. The Kier molecular flexibility index (Phi) is 7.02. The molecule has 0 spiro atoms. The van der Waals surface area contributed by atoms with Gasteiger partial charge in [0.15, 0.2) is 0 Å². The average molecular weight is 354 g/mol. The summed E-state index contributed by atoms with van der Waals surface area (Å²) >= 11 is 6.15. The van der Waals surface area contributed by atoms with E-state index in [-0.39, 0.29) is 17.7 Å². The summed E-state index contributed by atoms with van der Waals surface area (Å²) in [6.45, 7) is 3.84. The number of anilines is 1. The van der Waals surface area contributed by atoms with Gasteiger partial charge >= 0.3 is 0 Å². The number of carbonyl (C=O) groups is 2.